The van der Waals surface area contributed by atoms with Crippen LogP contribution in [0.4, 0.5) is 0 Å². The number of hydrogen-bond donors (Lipinski definition) is 1. The van der Waals surface area contributed by atoms with Crippen molar-refractivity contribution in [1.82, 2.24) is 0 Å². The van der Waals surface area contributed by atoms with Gasteiger partial charge in [-0.15, -0.1) is 0 Å². The molecule has 78 valence electrons. The molecule has 2 N–H and O–H groups in total. The van der Waals surface area contributed by atoms with E-state index in [0.717, 1.165) is 25.4 Å². The molecule has 0 aromatic heterocycles. The van der Waals surface area contributed by atoms with Gasteiger partial charge in [-0.1, -0.05) is 26.7 Å². The molecule has 1 rings (SSSR count). The summed E-state index contributed by atoms with van der Waals surface area (Å²) in [6, 6.07) is 0.293. The van der Waals surface area contributed by atoms with Crippen molar-refractivity contribution < 1.29 is 4.74 Å². The van der Waals surface area contributed by atoms with Gasteiger partial charge in [0, 0.05) is 12.6 Å². The average molecular weight is 185 g/mol. The predicted octanol–water partition coefficient (Wildman–Crippen LogP) is 2.32. The summed E-state index contributed by atoms with van der Waals surface area (Å²) in [7, 11) is 0. The van der Waals surface area contributed by atoms with Crippen LogP contribution in [0.25, 0.3) is 0 Å². The van der Waals surface area contributed by atoms with Gasteiger partial charge in [0.15, 0.2) is 0 Å². The van der Waals surface area contributed by atoms with Crippen LogP contribution in [0, 0.1) is 5.92 Å². The lowest BCUT2D eigenvalue weighted by atomic mass is 9.93. The zero-order valence-electron chi connectivity index (χ0n) is 8.96. The highest BCUT2D eigenvalue weighted by Crippen LogP contribution is 2.20. The Bertz CT molecular complexity index is 136. The topological polar surface area (TPSA) is 35.2 Å². The van der Waals surface area contributed by atoms with E-state index >= 15 is 0 Å². The molecule has 0 radical (unpaired) electrons. The number of nitrogens with two attached hydrogens (primary N) is 1. The van der Waals surface area contributed by atoms with E-state index in [4.69, 9.17) is 10.5 Å². The van der Waals surface area contributed by atoms with Crippen LogP contribution in [0.2, 0.25) is 0 Å². The van der Waals surface area contributed by atoms with E-state index in [2.05, 4.69) is 13.8 Å². The van der Waals surface area contributed by atoms with Gasteiger partial charge in [0.1, 0.15) is 0 Å². The second kappa shape index (κ2) is 5.61. The first-order valence-electron chi connectivity index (χ1n) is 5.57. The van der Waals surface area contributed by atoms with E-state index in [1.54, 1.807) is 0 Å². The Hall–Kier alpha value is -0.0800. The minimum atomic E-state index is 0.293. The fraction of sp³-hybridized carbons (Fsp3) is 1.00. The molecule has 13 heavy (non-hydrogen) atoms. The van der Waals surface area contributed by atoms with Gasteiger partial charge in [-0.05, 0) is 25.2 Å². The first-order chi connectivity index (χ1) is 6.20. The summed E-state index contributed by atoms with van der Waals surface area (Å²) in [5.41, 5.74) is 5.97. The van der Waals surface area contributed by atoms with Crippen molar-refractivity contribution in [1.29, 1.82) is 0 Å². The summed E-state index contributed by atoms with van der Waals surface area (Å²) in [5, 5.41) is 0. The molecule has 0 heterocycles. The van der Waals surface area contributed by atoms with Crippen molar-refractivity contribution >= 4 is 0 Å². The van der Waals surface area contributed by atoms with Gasteiger partial charge >= 0.3 is 0 Å². The molecule has 0 saturated heterocycles. The molecule has 0 unspecified atom stereocenters. The molecule has 0 aromatic carbocycles. The summed E-state index contributed by atoms with van der Waals surface area (Å²) in [6.45, 7) is 5.34. The van der Waals surface area contributed by atoms with Gasteiger partial charge < -0.3 is 10.5 Å². The SMILES string of the molecule is CC(C)CCO[C@@H]1CCCC[C@H]1N. The highest BCUT2D eigenvalue weighted by atomic mass is 16.5. The van der Waals surface area contributed by atoms with Crippen molar-refractivity contribution in [3.63, 3.8) is 0 Å². The largest absolute Gasteiger partial charge is 0.377 e. The minimum Gasteiger partial charge on any atom is -0.377 e. The maximum absolute atomic E-state index is 5.97. The molecular weight excluding hydrogens is 162 g/mol. The Labute approximate surface area is 81.8 Å². The zero-order valence-corrected chi connectivity index (χ0v) is 8.96. The van der Waals surface area contributed by atoms with Gasteiger partial charge in [-0.2, -0.15) is 0 Å². The van der Waals surface area contributed by atoms with E-state index in [9.17, 15) is 0 Å². The lowest BCUT2D eigenvalue weighted by molar-refractivity contribution is 0.0102. The van der Waals surface area contributed by atoms with Crippen molar-refractivity contribution in [2.75, 3.05) is 6.61 Å². The lowest BCUT2D eigenvalue weighted by Crippen LogP contribution is -2.39. The molecule has 1 aliphatic rings. The molecule has 0 amide bonds. The molecule has 2 atom stereocenters. The highest BCUT2D eigenvalue weighted by Gasteiger charge is 2.21. The Kier molecular flexibility index (Phi) is 4.74. The highest BCUT2D eigenvalue weighted by molar-refractivity contribution is 4.78. The third-order valence-corrected chi connectivity index (χ3v) is 2.78. The van der Waals surface area contributed by atoms with Gasteiger partial charge in [0.25, 0.3) is 0 Å². The number of hydrogen-bond acceptors (Lipinski definition) is 2. The Balaban J connectivity index is 2.11. The minimum absolute atomic E-state index is 0.293. The van der Waals surface area contributed by atoms with Gasteiger partial charge in [0.2, 0.25) is 0 Å². The van der Waals surface area contributed by atoms with E-state index in [1.165, 1.54) is 19.3 Å². The van der Waals surface area contributed by atoms with E-state index < -0.39 is 0 Å². The maximum Gasteiger partial charge on any atom is 0.0725 e. The molecular formula is C11H23NO. The van der Waals surface area contributed by atoms with Gasteiger partial charge in [-0.25, -0.2) is 0 Å². The number of rotatable bonds is 4. The first-order valence-corrected chi connectivity index (χ1v) is 5.57. The van der Waals surface area contributed by atoms with Gasteiger partial charge in [0.05, 0.1) is 6.10 Å². The third-order valence-electron chi connectivity index (χ3n) is 2.78. The molecule has 0 aliphatic heterocycles. The standard InChI is InChI=1S/C11H23NO/c1-9(2)7-8-13-11-6-4-3-5-10(11)12/h9-11H,3-8,12H2,1-2H3/t10-,11-/m1/s1. The summed E-state index contributed by atoms with van der Waals surface area (Å²) >= 11 is 0. The Morgan fingerprint density at radius 1 is 1.31 bits per heavy atom. The Morgan fingerprint density at radius 3 is 2.62 bits per heavy atom. The predicted molar refractivity (Wildman–Crippen MR) is 55.6 cm³/mol. The van der Waals surface area contributed by atoms with Gasteiger partial charge in [-0.3, -0.25) is 0 Å². The first kappa shape index (κ1) is 11.0. The molecule has 0 spiro atoms. The molecule has 1 saturated carbocycles. The lowest BCUT2D eigenvalue weighted by Gasteiger charge is -2.28. The van der Waals surface area contributed by atoms with E-state index in [-0.39, 0.29) is 0 Å². The quantitative estimate of drug-likeness (QED) is 0.729. The molecule has 2 heteroatoms. The Morgan fingerprint density at radius 2 is 2.00 bits per heavy atom. The van der Waals surface area contributed by atoms with E-state index in [1.807, 2.05) is 0 Å². The summed E-state index contributed by atoms with van der Waals surface area (Å²) in [4.78, 5) is 0. The van der Waals surface area contributed by atoms with E-state index in [0.29, 0.717) is 12.1 Å². The molecule has 0 aromatic rings. The summed E-state index contributed by atoms with van der Waals surface area (Å²) < 4.78 is 5.78. The second-order valence-electron chi connectivity index (χ2n) is 4.54. The molecule has 1 aliphatic carbocycles. The maximum atomic E-state index is 5.97. The number of ether oxygens (including phenoxy) is 1. The monoisotopic (exact) mass is 185 g/mol. The van der Waals surface area contributed by atoms with Crippen molar-refractivity contribution in [3.8, 4) is 0 Å². The summed E-state index contributed by atoms with van der Waals surface area (Å²) in [5.74, 6) is 0.736. The van der Waals surface area contributed by atoms with Crippen LogP contribution in [-0.4, -0.2) is 18.8 Å². The summed E-state index contributed by atoms with van der Waals surface area (Å²) in [6.07, 6.45) is 6.38. The van der Waals surface area contributed by atoms with Crippen molar-refractivity contribution in [3.05, 3.63) is 0 Å². The van der Waals surface area contributed by atoms with Crippen LogP contribution >= 0.6 is 0 Å². The van der Waals surface area contributed by atoms with Crippen LogP contribution in [-0.2, 0) is 4.74 Å². The third kappa shape index (κ3) is 4.10. The van der Waals surface area contributed by atoms with Crippen LogP contribution < -0.4 is 5.73 Å². The van der Waals surface area contributed by atoms with Crippen molar-refractivity contribution in [2.45, 2.75) is 58.1 Å². The normalized spacial score (nSPS) is 29.5. The van der Waals surface area contributed by atoms with Crippen LogP contribution in [0.1, 0.15) is 46.0 Å². The average Bonchev–Trinajstić information content (AvgIpc) is 2.08. The van der Waals surface area contributed by atoms with Crippen LogP contribution in [0.5, 0.6) is 0 Å². The fourth-order valence-corrected chi connectivity index (χ4v) is 1.79. The molecule has 1 fully saturated rings. The zero-order chi connectivity index (χ0) is 9.68. The smallest absolute Gasteiger partial charge is 0.0725 e. The van der Waals surface area contributed by atoms with Crippen LogP contribution in [0.3, 0.4) is 0 Å². The fourth-order valence-electron chi connectivity index (χ4n) is 1.79. The second-order valence-corrected chi connectivity index (χ2v) is 4.54. The van der Waals surface area contributed by atoms with Crippen LogP contribution in [0.15, 0.2) is 0 Å². The van der Waals surface area contributed by atoms with Crippen molar-refractivity contribution in [2.24, 2.45) is 11.7 Å². The molecule has 2 nitrogen and oxygen atoms in total. The molecule has 0 bridgehead atoms.